The van der Waals surface area contributed by atoms with E-state index in [0.717, 1.165) is 10.0 Å². The summed E-state index contributed by atoms with van der Waals surface area (Å²) in [7, 11) is 0. The van der Waals surface area contributed by atoms with E-state index >= 15 is 0 Å². The number of anilines is 1. The van der Waals surface area contributed by atoms with Gasteiger partial charge in [-0.05, 0) is 46.6 Å². The second kappa shape index (κ2) is 5.80. The van der Waals surface area contributed by atoms with Gasteiger partial charge in [-0.3, -0.25) is 0 Å². The summed E-state index contributed by atoms with van der Waals surface area (Å²) >= 11 is 21.3. The van der Waals surface area contributed by atoms with E-state index in [9.17, 15) is 0 Å². The first-order valence-electron chi connectivity index (χ1n) is 5.26. The third kappa shape index (κ3) is 3.29. The van der Waals surface area contributed by atoms with Gasteiger partial charge in [-0.1, -0.05) is 34.8 Å². The van der Waals surface area contributed by atoms with Crippen LogP contribution in [-0.2, 0) is 0 Å². The standard InChI is InChI=1S/C13H9BrCl3NO/c1-6-2-12(7(14)3-11(6)18)19-13-5-9(16)8(15)4-10(13)17/h2-5H,18H2,1H3. The van der Waals surface area contributed by atoms with Crippen LogP contribution in [-0.4, -0.2) is 0 Å². The highest BCUT2D eigenvalue weighted by Crippen LogP contribution is 2.39. The molecule has 0 radical (unpaired) electrons. The molecule has 0 heterocycles. The smallest absolute Gasteiger partial charge is 0.147 e. The first kappa shape index (κ1) is 14.8. The molecule has 0 amide bonds. The van der Waals surface area contributed by atoms with Gasteiger partial charge >= 0.3 is 0 Å². The molecule has 2 rings (SSSR count). The van der Waals surface area contributed by atoms with E-state index in [4.69, 9.17) is 45.3 Å². The molecule has 100 valence electrons. The van der Waals surface area contributed by atoms with Gasteiger partial charge < -0.3 is 10.5 Å². The molecule has 6 heteroatoms. The lowest BCUT2D eigenvalue weighted by atomic mass is 10.2. The van der Waals surface area contributed by atoms with Crippen molar-refractivity contribution in [1.82, 2.24) is 0 Å². The lowest BCUT2D eigenvalue weighted by molar-refractivity contribution is 0.479. The molecule has 0 fully saturated rings. The number of hydrogen-bond donors (Lipinski definition) is 1. The SMILES string of the molecule is Cc1cc(Oc2cc(Cl)c(Cl)cc2Cl)c(Br)cc1N. The van der Waals surface area contributed by atoms with Crippen molar-refractivity contribution < 1.29 is 4.74 Å². The minimum atomic E-state index is 0.379. The Bertz CT molecular complexity index is 591. The maximum absolute atomic E-state index is 6.07. The van der Waals surface area contributed by atoms with Crippen molar-refractivity contribution in [3.05, 3.63) is 49.4 Å². The molecule has 0 aromatic heterocycles. The van der Waals surface area contributed by atoms with Crippen molar-refractivity contribution in [3.63, 3.8) is 0 Å². The van der Waals surface area contributed by atoms with Crippen LogP contribution in [0.25, 0.3) is 0 Å². The lowest BCUT2D eigenvalue weighted by Gasteiger charge is -2.12. The number of hydrogen-bond acceptors (Lipinski definition) is 2. The number of halogens is 4. The van der Waals surface area contributed by atoms with Gasteiger partial charge in [-0.2, -0.15) is 0 Å². The Morgan fingerprint density at radius 1 is 0.947 bits per heavy atom. The molecular formula is C13H9BrCl3NO. The van der Waals surface area contributed by atoms with Crippen LogP contribution in [0, 0.1) is 6.92 Å². The van der Waals surface area contributed by atoms with Crippen LogP contribution < -0.4 is 10.5 Å². The molecule has 0 aliphatic rings. The largest absolute Gasteiger partial charge is 0.455 e. The number of rotatable bonds is 2. The fourth-order valence-corrected chi connectivity index (χ4v) is 2.47. The van der Waals surface area contributed by atoms with Crippen molar-refractivity contribution in [2.24, 2.45) is 0 Å². The van der Waals surface area contributed by atoms with Crippen molar-refractivity contribution in [1.29, 1.82) is 0 Å². The molecule has 19 heavy (non-hydrogen) atoms. The Morgan fingerprint density at radius 3 is 2.26 bits per heavy atom. The van der Waals surface area contributed by atoms with Crippen LogP contribution in [0.5, 0.6) is 11.5 Å². The van der Waals surface area contributed by atoms with E-state index in [0.29, 0.717) is 32.3 Å². The highest BCUT2D eigenvalue weighted by Gasteiger charge is 2.11. The van der Waals surface area contributed by atoms with Gasteiger partial charge in [-0.15, -0.1) is 0 Å². The molecule has 0 aliphatic carbocycles. The van der Waals surface area contributed by atoms with E-state index in [1.54, 1.807) is 18.2 Å². The zero-order chi connectivity index (χ0) is 14.2. The van der Waals surface area contributed by atoms with Gasteiger partial charge in [0.25, 0.3) is 0 Å². The Morgan fingerprint density at radius 2 is 1.58 bits per heavy atom. The zero-order valence-electron chi connectivity index (χ0n) is 9.81. The Labute approximate surface area is 134 Å². The fraction of sp³-hybridized carbons (Fsp3) is 0.0769. The second-order valence-electron chi connectivity index (χ2n) is 3.94. The Kier molecular flexibility index (Phi) is 4.51. The normalized spacial score (nSPS) is 10.6. The average Bonchev–Trinajstić information content (AvgIpc) is 2.32. The minimum absolute atomic E-state index is 0.379. The summed E-state index contributed by atoms with van der Waals surface area (Å²) in [5.41, 5.74) is 7.40. The maximum atomic E-state index is 6.07. The van der Waals surface area contributed by atoms with Gasteiger partial charge in [-0.25, -0.2) is 0 Å². The van der Waals surface area contributed by atoms with Gasteiger partial charge in [0, 0.05) is 11.8 Å². The summed E-state index contributed by atoms with van der Waals surface area (Å²) in [5.74, 6) is 1.04. The fourth-order valence-electron chi connectivity index (χ4n) is 1.45. The van der Waals surface area contributed by atoms with Crippen LogP contribution in [0.4, 0.5) is 5.69 Å². The third-order valence-electron chi connectivity index (χ3n) is 2.52. The summed E-state index contributed by atoms with van der Waals surface area (Å²) in [4.78, 5) is 0. The van der Waals surface area contributed by atoms with E-state index in [1.807, 2.05) is 13.0 Å². The number of aryl methyl sites for hydroxylation is 1. The third-order valence-corrected chi connectivity index (χ3v) is 4.15. The second-order valence-corrected chi connectivity index (χ2v) is 6.01. The van der Waals surface area contributed by atoms with E-state index in [1.165, 1.54) is 0 Å². The topological polar surface area (TPSA) is 35.2 Å². The predicted molar refractivity (Wildman–Crippen MR) is 84.8 cm³/mol. The Hall–Kier alpha value is -0.610. The highest BCUT2D eigenvalue weighted by molar-refractivity contribution is 9.10. The molecular weight excluding hydrogens is 372 g/mol. The van der Waals surface area contributed by atoms with Crippen molar-refractivity contribution >= 4 is 56.4 Å². The average molecular weight is 381 g/mol. The summed E-state index contributed by atoms with van der Waals surface area (Å²) in [6.07, 6.45) is 0. The van der Waals surface area contributed by atoms with E-state index < -0.39 is 0 Å². The quantitative estimate of drug-likeness (QED) is 0.504. The van der Waals surface area contributed by atoms with Crippen LogP contribution in [0.3, 0.4) is 0 Å². The summed E-state index contributed by atoms with van der Waals surface area (Å²) in [6.45, 7) is 1.89. The first-order valence-corrected chi connectivity index (χ1v) is 7.19. The van der Waals surface area contributed by atoms with Crippen LogP contribution in [0.2, 0.25) is 15.1 Å². The van der Waals surface area contributed by atoms with Crippen LogP contribution in [0.15, 0.2) is 28.7 Å². The molecule has 2 N–H and O–H groups in total. The molecule has 2 aromatic carbocycles. The van der Waals surface area contributed by atoms with Crippen molar-refractivity contribution in [2.75, 3.05) is 5.73 Å². The maximum Gasteiger partial charge on any atom is 0.147 e. The monoisotopic (exact) mass is 379 g/mol. The minimum Gasteiger partial charge on any atom is -0.455 e. The zero-order valence-corrected chi connectivity index (χ0v) is 13.7. The molecule has 0 unspecified atom stereocenters. The van der Waals surface area contributed by atoms with Crippen LogP contribution in [0.1, 0.15) is 5.56 Å². The molecule has 0 bridgehead atoms. The molecule has 2 nitrogen and oxygen atoms in total. The predicted octanol–water partition coefficient (Wildman–Crippen LogP) is 6.09. The highest BCUT2D eigenvalue weighted by atomic mass is 79.9. The number of nitrogen functional groups attached to an aromatic ring is 1. The van der Waals surface area contributed by atoms with E-state index in [2.05, 4.69) is 15.9 Å². The van der Waals surface area contributed by atoms with Crippen molar-refractivity contribution in [2.45, 2.75) is 6.92 Å². The molecule has 0 saturated heterocycles. The van der Waals surface area contributed by atoms with E-state index in [-0.39, 0.29) is 0 Å². The molecule has 0 aliphatic heterocycles. The van der Waals surface area contributed by atoms with Gasteiger partial charge in [0.2, 0.25) is 0 Å². The number of ether oxygens (including phenoxy) is 1. The summed E-state index contributed by atoms with van der Waals surface area (Å²) < 4.78 is 6.47. The van der Waals surface area contributed by atoms with Crippen LogP contribution >= 0.6 is 50.7 Å². The molecule has 2 aromatic rings. The number of benzene rings is 2. The summed E-state index contributed by atoms with van der Waals surface area (Å²) in [6, 6.07) is 6.71. The molecule has 0 atom stereocenters. The lowest BCUT2D eigenvalue weighted by Crippen LogP contribution is -1.93. The summed E-state index contributed by atoms with van der Waals surface area (Å²) in [5, 5.41) is 1.15. The number of nitrogens with two attached hydrogens (primary N) is 1. The Balaban J connectivity index is 2.42. The van der Waals surface area contributed by atoms with Gasteiger partial charge in [0.05, 0.1) is 19.5 Å². The molecule has 0 saturated carbocycles. The molecule has 0 spiro atoms. The van der Waals surface area contributed by atoms with Gasteiger partial charge in [0.15, 0.2) is 0 Å². The van der Waals surface area contributed by atoms with Gasteiger partial charge in [0.1, 0.15) is 11.5 Å². The first-order chi connectivity index (χ1) is 8.88. The van der Waals surface area contributed by atoms with Crippen molar-refractivity contribution in [3.8, 4) is 11.5 Å².